The molecule has 0 aliphatic carbocycles. The van der Waals surface area contributed by atoms with Gasteiger partial charge in [0.1, 0.15) is 0 Å². The van der Waals surface area contributed by atoms with Crippen LogP contribution in [0.25, 0.3) is 0 Å². The molecule has 4 nitrogen and oxygen atoms in total. The highest BCUT2D eigenvalue weighted by Crippen LogP contribution is 2.21. The van der Waals surface area contributed by atoms with Crippen molar-refractivity contribution in [2.24, 2.45) is 0 Å². The van der Waals surface area contributed by atoms with Crippen molar-refractivity contribution in [1.29, 1.82) is 0 Å². The molecule has 4 heteroatoms. The Labute approximate surface area is 94.4 Å². The first-order valence-corrected chi connectivity index (χ1v) is 5.32. The lowest BCUT2D eigenvalue weighted by Gasteiger charge is -2.18. The zero-order chi connectivity index (χ0) is 11.5. The minimum atomic E-state index is -0.886. The Morgan fingerprint density at radius 3 is 2.62 bits per heavy atom. The van der Waals surface area contributed by atoms with Gasteiger partial charge in [-0.3, -0.25) is 0 Å². The molecule has 1 saturated heterocycles. The van der Waals surface area contributed by atoms with Crippen molar-refractivity contribution in [3.63, 3.8) is 0 Å². The molecule has 0 amide bonds. The lowest BCUT2D eigenvalue weighted by molar-refractivity contribution is 0.0697. The van der Waals surface area contributed by atoms with E-state index in [0.717, 1.165) is 25.2 Å². The van der Waals surface area contributed by atoms with Crippen LogP contribution < -0.4 is 4.90 Å². The summed E-state index contributed by atoms with van der Waals surface area (Å²) < 4.78 is 5.29. The van der Waals surface area contributed by atoms with Crippen LogP contribution in [0.4, 0.5) is 5.69 Å². The van der Waals surface area contributed by atoms with Crippen LogP contribution in [0.2, 0.25) is 0 Å². The molecule has 0 unspecified atom stereocenters. The van der Waals surface area contributed by atoms with Crippen molar-refractivity contribution < 1.29 is 14.6 Å². The predicted octanol–water partition coefficient (Wildman–Crippen LogP) is 1.61. The fourth-order valence-electron chi connectivity index (χ4n) is 1.97. The van der Waals surface area contributed by atoms with Crippen LogP contribution in [0.1, 0.15) is 16.8 Å². The third-order valence-corrected chi connectivity index (χ3v) is 2.96. The molecule has 1 aromatic rings. The molecule has 0 spiro atoms. The van der Waals surface area contributed by atoms with Crippen LogP contribution in [0, 0.1) is 0 Å². The summed E-state index contributed by atoms with van der Waals surface area (Å²) in [5, 5.41) is 8.79. The average Bonchev–Trinajstić information content (AvgIpc) is 2.77. The van der Waals surface area contributed by atoms with E-state index in [1.54, 1.807) is 19.2 Å². The van der Waals surface area contributed by atoms with Gasteiger partial charge in [-0.2, -0.15) is 0 Å². The summed E-state index contributed by atoms with van der Waals surface area (Å²) in [6.45, 7) is 1.84. The summed E-state index contributed by atoms with van der Waals surface area (Å²) in [4.78, 5) is 12.9. The number of anilines is 1. The molecular weight excluding hydrogens is 206 g/mol. The van der Waals surface area contributed by atoms with E-state index in [1.807, 2.05) is 12.1 Å². The summed E-state index contributed by atoms with van der Waals surface area (Å²) >= 11 is 0. The quantitative estimate of drug-likeness (QED) is 0.842. The maximum atomic E-state index is 10.7. The van der Waals surface area contributed by atoms with E-state index in [9.17, 15) is 4.79 Å². The van der Waals surface area contributed by atoms with Crippen molar-refractivity contribution >= 4 is 11.7 Å². The molecule has 0 bridgehead atoms. The average molecular weight is 221 g/mol. The lowest BCUT2D eigenvalue weighted by atomic mass is 10.2. The van der Waals surface area contributed by atoms with Gasteiger partial charge < -0.3 is 14.7 Å². The Bertz CT molecular complexity index is 374. The van der Waals surface area contributed by atoms with Gasteiger partial charge in [-0.1, -0.05) is 0 Å². The fourth-order valence-corrected chi connectivity index (χ4v) is 1.97. The maximum absolute atomic E-state index is 10.7. The second-order valence-corrected chi connectivity index (χ2v) is 3.94. The van der Waals surface area contributed by atoms with Gasteiger partial charge in [-0.15, -0.1) is 0 Å². The molecule has 16 heavy (non-hydrogen) atoms. The van der Waals surface area contributed by atoms with Gasteiger partial charge in [-0.05, 0) is 30.7 Å². The monoisotopic (exact) mass is 221 g/mol. The SMILES string of the molecule is CO[C@@H]1CCN(c2ccc(C(=O)O)cc2)C1. The summed E-state index contributed by atoms with van der Waals surface area (Å²) in [6.07, 6.45) is 1.32. The van der Waals surface area contributed by atoms with Crippen LogP contribution >= 0.6 is 0 Å². The largest absolute Gasteiger partial charge is 0.478 e. The predicted molar refractivity (Wildman–Crippen MR) is 61.0 cm³/mol. The van der Waals surface area contributed by atoms with Gasteiger partial charge >= 0.3 is 5.97 Å². The number of rotatable bonds is 3. The highest BCUT2D eigenvalue weighted by atomic mass is 16.5. The van der Waals surface area contributed by atoms with Gasteiger partial charge in [0, 0.05) is 25.9 Å². The fraction of sp³-hybridized carbons (Fsp3) is 0.417. The number of carbonyl (C=O) groups is 1. The van der Waals surface area contributed by atoms with Crippen LogP contribution in [-0.4, -0.2) is 37.4 Å². The Morgan fingerprint density at radius 1 is 1.44 bits per heavy atom. The number of nitrogens with zero attached hydrogens (tertiary/aromatic N) is 1. The first-order chi connectivity index (χ1) is 7.70. The number of hydrogen-bond acceptors (Lipinski definition) is 3. The zero-order valence-electron chi connectivity index (χ0n) is 9.22. The Balaban J connectivity index is 2.08. The second kappa shape index (κ2) is 4.53. The number of ether oxygens (including phenoxy) is 1. The topological polar surface area (TPSA) is 49.8 Å². The molecule has 2 rings (SSSR count). The van der Waals surface area contributed by atoms with E-state index in [-0.39, 0.29) is 0 Å². The molecule has 1 N–H and O–H groups in total. The molecule has 1 aliphatic rings. The Morgan fingerprint density at radius 2 is 2.12 bits per heavy atom. The molecular formula is C12H15NO3. The van der Waals surface area contributed by atoms with Gasteiger partial charge in [0.2, 0.25) is 0 Å². The Kier molecular flexibility index (Phi) is 3.10. The van der Waals surface area contributed by atoms with Crippen LogP contribution in [0.3, 0.4) is 0 Å². The van der Waals surface area contributed by atoms with Crippen molar-refractivity contribution in [3.8, 4) is 0 Å². The maximum Gasteiger partial charge on any atom is 0.335 e. The van der Waals surface area contributed by atoms with E-state index in [2.05, 4.69) is 4.90 Å². The van der Waals surface area contributed by atoms with Gasteiger partial charge in [0.25, 0.3) is 0 Å². The molecule has 1 fully saturated rings. The molecule has 86 valence electrons. The van der Waals surface area contributed by atoms with E-state index in [1.165, 1.54) is 0 Å². The molecule has 1 aromatic carbocycles. The van der Waals surface area contributed by atoms with E-state index >= 15 is 0 Å². The summed E-state index contributed by atoms with van der Waals surface area (Å²) in [5.74, 6) is -0.886. The first-order valence-electron chi connectivity index (χ1n) is 5.32. The minimum Gasteiger partial charge on any atom is -0.478 e. The summed E-state index contributed by atoms with van der Waals surface area (Å²) in [7, 11) is 1.72. The number of methoxy groups -OCH3 is 1. The summed E-state index contributed by atoms with van der Waals surface area (Å²) in [6, 6.07) is 6.97. The molecule has 1 atom stereocenters. The zero-order valence-corrected chi connectivity index (χ0v) is 9.22. The number of carboxylic acids is 1. The van der Waals surface area contributed by atoms with Gasteiger partial charge in [0.15, 0.2) is 0 Å². The van der Waals surface area contributed by atoms with E-state index < -0.39 is 5.97 Å². The van der Waals surface area contributed by atoms with Crippen molar-refractivity contribution in [2.45, 2.75) is 12.5 Å². The lowest BCUT2D eigenvalue weighted by Crippen LogP contribution is -2.22. The third kappa shape index (κ3) is 2.17. The minimum absolute atomic E-state index is 0.291. The highest BCUT2D eigenvalue weighted by Gasteiger charge is 2.22. The number of aromatic carboxylic acids is 1. The van der Waals surface area contributed by atoms with Crippen molar-refractivity contribution in [3.05, 3.63) is 29.8 Å². The third-order valence-electron chi connectivity index (χ3n) is 2.96. The molecule has 0 saturated carbocycles. The molecule has 0 radical (unpaired) electrons. The second-order valence-electron chi connectivity index (χ2n) is 3.94. The molecule has 1 heterocycles. The van der Waals surface area contributed by atoms with E-state index in [0.29, 0.717) is 11.7 Å². The summed E-state index contributed by atoms with van der Waals surface area (Å²) in [5.41, 5.74) is 1.38. The van der Waals surface area contributed by atoms with Gasteiger partial charge in [-0.25, -0.2) is 4.79 Å². The van der Waals surface area contributed by atoms with Crippen LogP contribution in [-0.2, 0) is 4.74 Å². The van der Waals surface area contributed by atoms with Gasteiger partial charge in [0.05, 0.1) is 11.7 Å². The normalized spacial score (nSPS) is 20.1. The Hall–Kier alpha value is -1.55. The number of hydrogen-bond donors (Lipinski definition) is 1. The number of carboxylic acid groups (broad SMARTS) is 1. The highest BCUT2D eigenvalue weighted by molar-refractivity contribution is 5.88. The van der Waals surface area contributed by atoms with Crippen LogP contribution in [0.5, 0.6) is 0 Å². The smallest absolute Gasteiger partial charge is 0.335 e. The molecule has 1 aliphatic heterocycles. The van der Waals surface area contributed by atoms with Crippen molar-refractivity contribution in [2.75, 3.05) is 25.1 Å². The number of benzene rings is 1. The first kappa shape index (κ1) is 11.0. The molecule has 0 aromatic heterocycles. The van der Waals surface area contributed by atoms with Crippen molar-refractivity contribution in [1.82, 2.24) is 0 Å². The van der Waals surface area contributed by atoms with Crippen LogP contribution in [0.15, 0.2) is 24.3 Å². The standard InChI is InChI=1S/C12H15NO3/c1-16-11-6-7-13(8-11)10-4-2-9(3-5-10)12(14)15/h2-5,11H,6-8H2,1H3,(H,14,15)/t11-/m1/s1. The van der Waals surface area contributed by atoms with E-state index in [4.69, 9.17) is 9.84 Å².